The van der Waals surface area contributed by atoms with E-state index in [4.69, 9.17) is 0 Å². The van der Waals surface area contributed by atoms with Crippen molar-refractivity contribution < 1.29 is 10.2 Å². The molecule has 0 radical (unpaired) electrons. The minimum atomic E-state index is -0.367. The van der Waals surface area contributed by atoms with Crippen molar-refractivity contribution in [1.29, 1.82) is 0 Å². The lowest BCUT2D eigenvalue weighted by atomic mass is 9.78. The van der Waals surface area contributed by atoms with E-state index in [0.29, 0.717) is 0 Å². The van der Waals surface area contributed by atoms with Gasteiger partial charge in [-0.1, -0.05) is 103 Å². The SMILES string of the molecule is Oc1ccc2ccccc2c1C(c1cccc2ccccc12)c1c(O)ccc2ccccc12. The lowest BCUT2D eigenvalue weighted by Crippen LogP contribution is -2.07. The molecule has 6 aromatic rings. The predicted octanol–water partition coefficient (Wildman–Crippen LogP) is 7.74. The maximum Gasteiger partial charge on any atom is 0.120 e. The highest BCUT2D eigenvalue weighted by Gasteiger charge is 2.28. The lowest BCUT2D eigenvalue weighted by Gasteiger charge is -2.25. The summed E-state index contributed by atoms with van der Waals surface area (Å²) in [6.45, 7) is 0. The molecule has 0 aliphatic carbocycles. The fourth-order valence-electron chi connectivity index (χ4n) is 5.13. The smallest absolute Gasteiger partial charge is 0.120 e. The predicted molar refractivity (Wildman–Crippen MR) is 136 cm³/mol. The third kappa shape index (κ3) is 3.11. The van der Waals surface area contributed by atoms with Gasteiger partial charge in [0.05, 0.1) is 0 Å². The summed E-state index contributed by atoms with van der Waals surface area (Å²) in [4.78, 5) is 0. The van der Waals surface area contributed by atoms with Crippen LogP contribution in [0, 0.1) is 0 Å². The maximum absolute atomic E-state index is 11.3. The molecule has 6 rings (SSSR count). The zero-order valence-electron chi connectivity index (χ0n) is 17.9. The first kappa shape index (κ1) is 19.4. The van der Waals surface area contributed by atoms with Gasteiger partial charge in [0.25, 0.3) is 0 Å². The summed E-state index contributed by atoms with van der Waals surface area (Å²) in [5, 5.41) is 28.8. The van der Waals surface area contributed by atoms with Crippen molar-refractivity contribution in [3.05, 3.63) is 132 Å². The third-order valence-electron chi connectivity index (χ3n) is 6.61. The maximum atomic E-state index is 11.3. The number of benzene rings is 6. The van der Waals surface area contributed by atoms with E-state index in [1.807, 2.05) is 60.7 Å². The van der Waals surface area contributed by atoms with Crippen LogP contribution in [0.3, 0.4) is 0 Å². The normalized spacial score (nSPS) is 11.5. The van der Waals surface area contributed by atoms with Crippen molar-refractivity contribution in [2.45, 2.75) is 5.92 Å². The number of aromatic hydroxyl groups is 2. The Balaban J connectivity index is 1.81. The molecule has 0 unspecified atom stereocenters. The van der Waals surface area contributed by atoms with E-state index in [9.17, 15) is 10.2 Å². The van der Waals surface area contributed by atoms with E-state index in [2.05, 4.69) is 42.5 Å². The molecule has 0 atom stereocenters. The van der Waals surface area contributed by atoms with Crippen molar-refractivity contribution >= 4 is 32.3 Å². The Morgan fingerprint density at radius 1 is 0.394 bits per heavy atom. The van der Waals surface area contributed by atoms with E-state index < -0.39 is 0 Å². The molecule has 33 heavy (non-hydrogen) atoms. The second kappa shape index (κ2) is 7.68. The van der Waals surface area contributed by atoms with E-state index in [0.717, 1.165) is 49.0 Å². The standard InChI is InChI=1S/C31H22O2/c32-27-18-16-21-9-2-5-13-24(21)29(27)31(26-15-7-11-20-8-1-4-12-23(20)26)30-25-14-6-3-10-22(25)17-19-28(30)33/h1-19,31-33H. The molecule has 0 bridgehead atoms. The molecule has 0 amide bonds. The van der Waals surface area contributed by atoms with Gasteiger partial charge in [-0.05, 0) is 50.0 Å². The zero-order valence-corrected chi connectivity index (χ0v) is 17.9. The highest BCUT2D eigenvalue weighted by Crippen LogP contribution is 2.47. The number of phenolic OH excluding ortho intramolecular Hbond substituents is 2. The molecule has 0 heterocycles. The van der Waals surface area contributed by atoms with Gasteiger partial charge < -0.3 is 10.2 Å². The molecule has 0 spiro atoms. The lowest BCUT2D eigenvalue weighted by molar-refractivity contribution is 0.461. The monoisotopic (exact) mass is 426 g/mol. The van der Waals surface area contributed by atoms with E-state index >= 15 is 0 Å². The number of phenols is 2. The van der Waals surface area contributed by atoms with Crippen LogP contribution in [0.1, 0.15) is 22.6 Å². The van der Waals surface area contributed by atoms with Gasteiger partial charge in [-0.2, -0.15) is 0 Å². The van der Waals surface area contributed by atoms with Crippen LogP contribution in [0.4, 0.5) is 0 Å². The minimum absolute atomic E-state index is 0.221. The number of fused-ring (bicyclic) bond motifs is 3. The molecule has 2 nitrogen and oxygen atoms in total. The summed E-state index contributed by atoms with van der Waals surface area (Å²) in [6.07, 6.45) is 0. The highest BCUT2D eigenvalue weighted by molar-refractivity contribution is 5.96. The Morgan fingerprint density at radius 3 is 1.36 bits per heavy atom. The average Bonchev–Trinajstić information content (AvgIpc) is 2.86. The zero-order chi connectivity index (χ0) is 22.4. The molecule has 0 aliphatic rings. The third-order valence-corrected chi connectivity index (χ3v) is 6.61. The first-order chi connectivity index (χ1) is 16.2. The largest absolute Gasteiger partial charge is 0.508 e. The molecule has 0 aliphatic heterocycles. The summed E-state index contributed by atoms with van der Waals surface area (Å²) in [7, 11) is 0. The average molecular weight is 427 g/mol. The first-order valence-electron chi connectivity index (χ1n) is 11.1. The van der Waals surface area contributed by atoms with Crippen molar-refractivity contribution in [3.63, 3.8) is 0 Å². The molecule has 2 N–H and O–H groups in total. The summed E-state index contributed by atoms with van der Waals surface area (Å²) in [5.41, 5.74) is 2.65. The van der Waals surface area contributed by atoms with Crippen LogP contribution in [0.5, 0.6) is 11.5 Å². The van der Waals surface area contributed by atoms with E-state index in [1.165, 1.54) is 0 Å². The van der Waals surface area contributed by atoms with Gasteiger partial charge in [0, 0.05) is 17.0 Å². The second-order valence-corrected chi connectivity index (χ2v) is 8.44. The molecule has 0 fully saturated rings. The van der Waals surface area contributed by atoms with Crippen LogP contribution >= 0.6 is 0 Å². The Bertz CT molecular complexity index is 1560. The molecule has 0 saturated carbocycles. The quantitative estimate of drug-likeness (QED) is 0.284. The highest BCUT2D eigenvalue weighted by atomic mass is 16.3. The minimum Gasteiger partial charge on any atom is -0.508 e. The fourth-order valence-corrected chi connectivity index (χ4v) is 5.13. The first-order valence-corrected chi connectivity index (χ1v) is 11.1. The van der Waals surface area contributed by atoms with Crippen molar-refractivity contribution in [1.82, 2.24) is 0 Å². The van der Waals surface area contributed by atoms with Gasteiger partial charge in [0.15, 0.2) is 0 Å². The van der Waals surface area contributed by atoms with Crippen molar-refractivity contribution in [2.24, 2.45) is 0 Å². The van der Waals surface area contributed by atoms with E-state index in [-0.39, 0.29) is 17.4 Å². The summed E-state index contributed by atoms with van der Waals surface area (Å²) in [5.74, 6) is 0.0752. The van der Waals surface area contributed by atoms with Gasteiger partial charge in [-0.25, -0.2) is 0 Å². The van der Waals surface area contributed by atoms with Crippen molar-refractivity contribution in [2.75, 3.05) is 0 Å². The Kier molecular flexibility index (Phi) is 4.51. The summed E-state index contributed by atoms with van der Waals surface area (Å²) >= 11 is 0. The molecular weight excluding hydrogens is 404 g/mol. The van der Waals surface area contributed by atoms with Crippen LogP contribution in [-0.4, -0.2) is 10.2 Å². The van der Waals surface area contributed by atoms with Crippen LogP contribution in [-0.2, 0) is 0 Å². The van der Waals surface area contributed by atoms with Crippen LogP contribution < -0.4 is 0 Å². The number of rotatable bonds is 3. The Hall–Kier alpha value is -4.30. The topological polar surface area (TPSA) is 40.5 Å². The van der Waals surface area contributed by atoms with Gasteiger partial charge in [0.1, 0.15) is 11.5 Å². The van der Waals surface area contributed by atoms with Crippen LogP contribution in [0.25, 0.3) is 32.3 Å². The Morgan fingerprint density at radius 2 is 0.818 bits per heavy atom. The summed E-state index contributed by atoms with van der Waals surface area (Å²) in [6, 6.07) is 38.2. The van der Waals surface area contributed by atoms with Gasteiger partial charge in [-0.3, -0.25) is 0 Å². The molecule has 0 saturated heterocycles. The number of hydrogen-bond acceptors (Lipinski definition) is 2. The van der Waals surface area contributed by atoms with Crippen LogP contribution in [0.2, 0.25) is 0 Å². The van der Waals surface area contributed by atoms with E-state index in [1.54, 1.807) is 12.1 Å². The van der Waals surface area contributed by atoms with Gasteiger partial charge >= 0.3 is 0 Å². The molecule has 2 heteroatoms. The van der Waals surface area contributed by atoms with Gasteiger partial charge in [-0.15, -0.1) is 0 Å². The summed E-state index contributed by atoms with van der Waals surface area (Å²) < 4.78 is 0. The van der Waals surface area contributed by atoms with Crippen molar-refractivity contribution in [3.8, 4) is 11.5 Å². The Labute approximate surface area is 192 Å². The fraction of sp³-hybridized carbons (Fsp3) is 0.0323. The molecule has 158 valence electrons. The second-order valence-electron chi connectivity index (χ2n) is 8.44. The molecular formula is C31H22O2. The van der Waals surface area contributed by atoms with Gasteiger partial charge in [0.2, 0.25) is 0 Å². The molecule has 0 aromatic heterocycles. The van der Waals surface area contributed by atoms with Crippen LogP contribution in [0.15, 0.2) is 115 Å². The number of hydrogen-bond donors (Lipinski definition) is 2. The molecule has 6 aromatic carbocycles.